The Kier molecular flexibility index (Phi) is 6.68. The Labute approximate surface area is 242 Å². The number of carbonyl (C=O) groups is 1. The number of ether oxygens (including phenoxy) is 1. The van der Waals surface area contributed by atoms with Crippen LogP contribution in [0, 0.1) is 14.1 Å². The number of para-hydroxylation sites is 2. The van der Waals surface area contributed by atoms with E-state index in [0.29, 0.717) is 22.4 Å². The van der Waals surface area contributed by atoms with Crippen molar-refractivity contribution in [3.05, 3.63) is 85.5 Å². The van der Waals surface area contributed by atoms with Gasteiger partial charge in [0.2, 0.25) is 0 Å². The predicted molar refractivity (Wildman–Crippen MR) is 164 cm³/mol. The molecule has 6 nitrogen and oxygen atoms in total. The first kappa shape index (κ1) is 26.2. The Hall–Kier alpha value is -2.38. The number of rotatable bonds is 3. The molecule has 0 spiro atoms. The molecular weight excluding hydrogens is 714 g/mol. The van der Waals surface area contributed by atoms with Crippen LogP contribution in [-0.4, -0.2) is 28.7 Å². The van der Waals surface area contributed by atoms with Crippen LogP contribution in [0.1, 0.15) is 26.3 Å². The molecule has 0 radical (unpaired) electrons. The van der Waals surface area contributed by atoms with E-state index in [1.54, 1.807) is 30.3 Å². The second-order valence-corrected chi connectivity index (χ2v) is 13.7. The molecule has 0 amide bonds. The molecule has 0 saturated heterocycles. The summed E-state index contributed by atoms with van der Waals surface area (Å²) in [5.74, 6) is 0. The summed E-state index contributed by atoms with van der Waals surface area (Å²) in [6, 6.07) is 21.7. The molecule has 2 aromatic heterocycles. The third-order valence-corrected chi connectivity index (χ3v) is 9.85. The topological polar surface area (TPSA) is 70.3 Å². The highest BCUT2D eigenvalue weighted by atomic mass is 127. The number of aryl methyl sites for hydroxylation is 1. The van der Waals surface area contributed by atoms with Crippen molar-refractivity contribution in [2.45, 2.75) is 38.2 Å². The SMILES string of the molecule is Cc1ccc(S(=O)(=O)n2c(-c3c(I)c4ccccc4n3C(=O)OC(C)(C)C)c(I)c3ccccc32)cc1. The normalized spacial score (nSPS) is 12.4. The van der Waals surface area contributed by atoms with Crippen molar-refractivity contribution in [3.8, 4) is 11.4 Å². The molecule has 0 atom stereocenters. The summed E-state index contributed by atoms with van der Waals surface area (Å²) >= 11 is 4.38. The zero-order chi connectivity index (χ0) is 26.7. The molecule has 190 valence electrons. The first-order valence-electron chi connectivity index (χ1n) is 11.6. The number of carbonyl (C=O) groups excluding carboxylic acids is 1. The summed E-state index contributed by atoms with van der Waals surface area (Å²) in [6.45, 7) is 7.34. The minimum atomic E-state index is -4.03. The lowest BCUT2D eigenvalue weighted by atomic mass is 10.2. The van der Waals surface area contributed by atoms with E-state index < -0.39 is 21.7 Å². The zero-order valence-electron chi connectivity index (χ0n) is 20.6. The molecule has 37 heavy (non-hydrogen) atoms. The number of fused-ring (bicyclic) bond motifs is 2. The first-order valence-corrected chi connectivity index (χ1v) is 15.2. The number of hydrogen-bond acceptors (Lipinski definition) is 4. The minimum Gasteiger partial charge on any atom is -0.443 e. The van der Waals surface area contributed by atoms with E-state index in [4.69, 9.17) is 4.74 Å². The summed E-state index contributed by atoms with van der Waals surface area (Å²) in [5.41, 5.74) is 2.32. The van der Waals surface area contributed by atoms with Gasteiger partial charge in [0.1, 0.15) is 5.60 Å². The molecule has 9 heteroatoms. The van der Waals surface area contributed by atoms with Gasteiger partial charge in [-0.3, -0.25) is 0 Å². The van der Waals surface area contributed by atoms with Gasteiger partial charge < -0.3 is 4.74 Å². The van der Waals surface area contributed by atoms with E-state index in [1.807, 2.05) is 70.2 Å². The second-order valence-electron chi connectivity index (χ2n) is 9.76. The van der Waals surface area contributed by atoms with Gasteiger partial charge in [0.15, 0.2) is 0 Å². The summed E-state index contributed by atoms with van der Waals surface area (Å²) in [4.78, 5) is 13.8. The summed E-state index contributed by atoms with van der Waals surface area (Å²) in [6.07, 6.45) is -0.568. The van der Waals surface area contributed by atoms with Crippen LogP contribution < -0.4 is 0 Å². The van der Waals surface area contributed by atoms with Crippen LogP contribution >= 0.6 is 45.2 Å². The van der Waals surface area contributed by atoms with Gasteiger partial charge in [-0.25, -0.2) is 21.8 Å². The van der Waals surface area contributed by atoms with Gasteiger partial charge in [0, 0.05) is 17.9 Å². The molecule has 0 bridgehead atoms. The van der Waals surface area contributed by atoms with Crippen LogP contribution in [0.3, 0.4) is 0 Å². The van der Waals surface area contributed by atoms with E-state index in [2.05, 4.69) is 45.2 Å². The van der Waals surface area contributed by atoms with Crippen molar-refractivity contribution in [1.82, 2.24) is 8.54 Å². The quantitative estimate of drug-likeness (QED) is 0.177. The van der Waals surface area contributed by atoms with E-state index in [9.17, 15) is 13.2 Å². The molecule has 0 fully saturated rings. The molecule has 0 aliphatic rings. The fraction of sp³-hybridized carbons (Fsp3) is 0.179. The summed E-state index contributed by atoms with van der Waals surface area (Å²) in [7, 11) is -4.03. The van der Waals surface area contributed by atoms with Crippen molar-refractivity contribution < 1.29 is 17.9 Å². The van der Waals surface area contributed by atoms with Crippen molar-refractivity contribution >= 4 is 83.1 Å². The number of aromatic nitrogens is 2. The third kappa shape index (κ3) is 4.48. The molecule has 5 rings (SSSR count). The van der Waals surface area contributed by atoms with Crippen LogP contribution in [0.2, 0.25) is 0 Å². The van der Waals surface area contributed by atoms with E-state index in [1.165, 1.54) is 8.54 Å². The smallest absolute Gasteiger partial charge is 0.419 e. The van der Waals surface area contributed by atoms with E-state index >= 15 is 0 Å². The summed E-state index contributed by atoms with van der Waals surface area (Å²) in [5, 5.41) is 1.62. The van der Waals surface area contributed by atoms with Crippen LogP contribution in [0.25, 0.3) is 33.2 Å². The van der Waals surface area contributed by atoms with Gasteiger partial charge in [-0.1, -0.05) is 54.1 Å². The molecule has 0 N–H and O–H groups in total. The highest BCUT2D eigenvalue weighted by molar-refractivity contribution is 14.1. The maximum Gasteiger partial charge on any atom is 0.419 e. The maximum absolute atomic E-state index is 14.2. The average Bonchev–Trinajstić information content (AvgIpc) is 3.30. The van der Waals surface area contributed by atoms with Gasteiger partial charge >= 0.3 is 6.09 Å². The van der Waals surface area contributed by atoms with Crippen LogP contribution in [0.15, 0.2) is 77.7 Å². The predicted octanol–water partition coefficient (Wildman–Crippen LogP) is 7.80. The van der Waals surface area contributed by atoms with Crippen LogP contribution in [-0.2, 0) is 14.8 Å². The van der Waals surface area contributed by atoms with Crippen molar-refractivity contribution in [1.29, 1.82) is 0 Å². The Morgan fingerprint density at radius 2 is 1.30 bits per heavy atom. The number of halogens is 2. The van der Waals surface area contributed by atoms with Gasteiger partial charge in [-0.05, 0) is 97.1 Å². The highest BCUT2D eigenvalue weighted by Gasteiger charge is 2.33. The Bertz CT molecular complexity index is 1790. The molecule has 2 heterocycles. The Morgan fingerprint density at radius 1 is 0.784 bits per heavy atom. The van der Waals surface area contributed by atoms with Crippen molar-refractivity contribution in [3.63, 3.8) is 0 Å². The molecule has 0 aliphatic carbocycles. The second kappa shape index (κ2) is 9.42. The van der Waals surface area contributed by atoms with E-state index in [0.717, 1.165) is 23.5 Å². The van der Waals surface area contributed by atoms with Gasteiger partial charge in [0.05, 0.1) is 27.3 Å². The molecule has 5 aromatic rings. The number of benzene rings is 3. The van der Waals surface area contributed by atoms with E-state index in [-0.39, 0.29) is 4.90 Å². The first-order chi connectivity index (χ1) is 17.4. The fourth-order valence-electron chi connectivity index (χ4n) is 4.35. The maximum atomic E-state index is 14.2. The van der Waals surface area contributed by atoms with Gasteiger partial charge in [-0.2, -0.15) is 0 Å². The standard InChI is InChI=1S/C28H24I2N2O4S/c1-17-13-15-18(16-14-17)37(34,35)32-22-12-8-6-10-20(22)24(30)26(32)25-23(29)19-9-5-7-11-21(19)31(25)27(33)36-28(2,3)4/h5-16H,1-4H3. The average molecular weight is 738 g/mol. The lowest BCUT2D eigenvalue weighted by Gasteiger charge is -2.21. The largest absolute Gasteiger partial charge is 0.443 e. The van der Waals surface area contributed by atoms with Crippen molar-refractivity contribution in [2.24, 2.45) is 0 Å². The number of nitrogens with zero attached hydrogens (tertiary/aromatic N) is 2. The Morgan fingerprint density at radius 3 is 1.89 bits per heavy atom. The minimum absolute atomic E-state index is 0.173. The summed E-state index contributed by atoms with van der Waals surface area (Å²) < 4.78 is 38.6. The van der Waals surface area contributed by atoms with Crippen LogP contribution in [0.5, 0.6) is 0 Å². The zero-order valence-corrected chi connectivity index (χ0v) is 25.8. The van der Waals surface area contributed by atoms with Gasteiger partial charge in [-0.15, -0.1) is 0 Å². The highest BCUT2D eigenvalue weighted by Crippen LogP contribution is 2.43. The molecule has 3 aromatic carbocycles. The molecule has 0 unspecified atom stereocenters. The van der Waals surface area contributed by atoms with Gasteiger partial charge in [0.25, 0.3) is 10.0 Å². The fourth-order valence-corrected chi connectivity index (χ4v) is 7.94. The lowest BCUT2D eigenvalue weighted by Crippen LogP contribution is -2.28. The van der Waals surface area contributed by atoms with Crippen molar-refractivity contribution in [2.75, 3.05) is 0 Å². The van der Waals surface area contributed by atoms with Crippen LogP contribution in [0.4, 0.5) is 4.79 Å². The lowest BCUT2D eigenvalue weighted by molar-refractivity contribution is 0.0547. The number of hydrogen-bond donors (Lipinski definition) is 0. The monoisotopic (exact) mass is 738 g/mol. The third-order valence-electron chi connectivity index (χ3n) is 5.94. The molecule has 0 aliphatic heterocycles. The molecular formula is C28H24I2N2O4S. The Balaban J connectivity index is 1.93. The molecule has 0 saturated carbocycles.